The van der Waals surface area contributed by atoms with Crippen LogP contribution < -0.4 is 10.2 Å². The van der Waals surface area contributed by atoms with E-state index in [9.17, 15) is 18.0 Å². The van der Waals surface area contributed by atoms with E-state index in [1.807, 2.05) is 0 Å². The Kier molecular flexibility index (Phi) is 4.64. The highest BCUT2D eigenvalue weighted by Crippen LogP contribution is 2.24. The zero-order valence-corrected chi connectivity index (χ0v) is 12.8. The van der Waals surface area contributed by atoms with Crippen molar-refractivity contribution >= 4 is 11.7 Å². The summed E-state index contributed by atoms with van der Waals surface area (Å²) in [7, 11) is 0. The van der Waals surface area contributed by atoms with E-state index in [2.05, 4.69) is 5.32 Å². The van der Waals surface area contributed by atoms with E-state index in [-0.39, 0.29) is 18.3 Å². The molecule has 2 aromatic rings. The molecule has 1 aromatic carbocycles. The van der Waals surface area contributed by atoms with Gasteiger partial charge in [0, 0.05) is 26.2 Å². The molecule has 1 N–H and O–H groups in total. The van der Waals surface area contributed by atoms with Crippen LogP contribution in [0.3, 0.4) is 0 Å². The minimum atomic E-state index is -1.48. The SMILES string of the molecule is O=C(NCc1ccco1)N1CCN(c2ccc(F)c(F)c2F)CC1. The quantitative estimate of drug-likeness (QED) is 0.875. The number of nitrogens with zero attached hydrogens (tertiary/aromatic N) is 2. The summed E-state index contributed by atoms with van der Waals surface area (Å²) in [5.74, 6) is -3.25. The van der Waals surface area contributed by atoms with Crippen molar-refractivity contribution < 1.29 is 22.4 Å². The van der Waals surface area contributed by atoms with Crippen LogP contribution in [0.25, 0.3) is 0 Å². The fourth-order valence-electron chi connectivity index (χ4n) is 2.60. The van der Waals surface area contributed by atoms with Crippen molar-refractivity contribution in [1.29, 1.82) is 0 Å². The summed E-state index contributed by atoms with van der Waals surface area (Å²) in [6.07, 6.45) is 1.52. The molecule has 2 amide bonds. The number of piperazine rings is 1. The molecule has 1 aliphatic heterocycles. The summed E-state index contributed by atoms with van der Waals surface area (Å²) in [5, 5.41) is 2.73. The highest BCUT2D eigenvalue weighted by Gasteiger charge is 2.24. The van der Waals surface area contributed by atoms with Gasteiger partial charge in [-0.15, -0.1) is 0 Å². The smallest absolute Gasteiger partial charge is 0.317 e. The van der Waals surface area contributed by atoms with Crippen molar-refractivity contribution in [2.24, 2.45) is 0 Å². The number of halogens is 3. The van der Waals surface area contributed by atoms with Crippen LogP contribution in [-0.2, 0) is 6.54 Å². The second kappa shape index (κ2) is 6.86. The molecule has 1 fully saturated rings. The maximum absolute atomic E-state index is 13.8. The first-order chi connectivity index (χ1) is 11.6. The van der Waals surface area contributed by atoms with Gasteiger partial charge in [0.1, 0.15) is 5.76 Å². The van der Waals surface area contributed by atoms with Crippen molar-refractivity contribution in [2.45, 2.75) is 6.54 Å². The van der Waals surface area contributed by atoms with Crippen LogP contribution in [0.15, 0.2) is 34.9 Å². The molecule has 1 aromatic heterocycles. The molecule has 5 nitrogen and oxygen atoms in total. The van der Waals surface area contributed by atoms with Gasteiger partial charge >= 0.3 is 6.03 Å². The number of hydrogen-bond acceptors (Lipinski definition) is 3. The highest BCUT2D eigenvalue weighted by atomic mass is 19.2. The van der Waals surface area contributed by atoms with Crippen LogP contribution in [-0.4, -0.2) is 37.1 Å². The molecule has 0 bridgehead atoms. The number of hydrogen-bond donors (Lipinski definition) is 1. The molecule has 24 heavy (non-hydrogen) atoms. The van der Waals surface area contributed by atoms with E-state index in [1.165, 1.54) is 12.3 Å². The number of carbonyl (C=O) groups excluding carboxylic acids is 1. The molecular formula is C16H16F3N3O2. The number of anilines is 1. The first-order valence-electron chi connectivity index (χ1n) is 7.50. The highest BCUT2D eigenvalue weighted by molar-refractivity contribution is 5.74. The molecule has 1 saturated heterocycles. The topological polar surface area (TPSA) is 48.7 Å². The van der Waals surface area contributed by atoms with Gasteiger partial charge in [-0.1, -0.05) is 0 Å². The predicted octanol–water partition coefficient (Wildman–Crippen LogP) is 2.73. The summed E-state index contributed by atoms with van der Waals surface area (Å²) in [5.41, 5.74) is 0.00421. The Morgan fingerprint density at radius 3 is 2.50 bits per heavy atom. The molecule has 0 aliphatic carbocycles. The molecule has 3 rings (SSSR count). The van der Waals surface area contributed by atoms with Crippen LogP contribution in [0.1, 0.15) is 5.76 Å². The third kappa shape index (κ3) is 3.32. The number of benzene rings is 1. The van der Waals surface area contributed by atoms with E-state index in [0.29, 0.717) is 31.9 Å². The first-order valence-corrected chi connectivity index (χ1v) is 7.50. The average Bonchev–Trinajstić information content (AvgIpc) is 3.11. The molecule has 0 atom stereocenters. The Balaban J connectivity index is 1.56. The predicted molar refractivity (Wildman–Crippen MR) is 81.0 cm³/mol. The first kappa shape index (κ1) is 16.2. The number of nitrogens with one attached hydrogen (secondary N) is 1. The van der Waals surface area contributed by atoms with Crippen molar-refractivity contribution in [3.8, 4) is 0 Å². The molecular weight excluding hydrogens is 323 g/mol. The van der Waals surface area contributed by atoms with Gasteiger partial charge in [0.25, 0.3) is 0 Å². The summed E-state index contributed by atoms with van der Waals surface area (Å²) >= 11 is 0. The molecule has 8 heteroatoms. The Bertz CT molecular complexity index is 714. The second-order valence-electron chi connectivity index (χ2n) is 5.41. The van der Waals surface area contributed by atoms with Crippen LogP contribution in [0.2, 0.25) is 0 Å². The van der Waals surface area contributed by atoms with Gasteiger partial charge in [0.05, 0.1) is 18.5 Å². The van der Waals surface area contributed by atoms with E-state index < -0.39 is 17.5 Å². The van der Waals surface area contributed by atoms with Crippen LogP contribution in [0.4, 0.5) is 23.7 Å². The largest absolute Gasteiger partial charge is 0.467 e. The van der Waals surface area contributed by atoms with Crippen LogP contribution in [0.5, 0.6) is 0 Å². The number of furan rings is 1. The molecule has 0 saturated carbocycles. The molecule has 1 aliphatic rings. The van der Waals surface area contributed by atoms with Gasteiger partial charge in [-0.05, 0) is 24.3 Å². The van der Waals surface area contributed by atoms with E-state index >= 15 is 0 Å². The number of carbonyl (C=O) groups is 1. The van der Waals surface area contributed by atoms with Crippen molar-refractivity contribution in [3.63, 3.8) is 0 Å². The van der Waals surface area contributed by atoms with Gasteiger partial charge in [0.2, 0.25) is 0 Å². The van der Waals surface area contributed by atoms with Gasteiger partial charge in [-0.3, -0.25) is 0 Å². The third-order valence-corrected chi connectivity index (χ3v) is 3.92. The van der Waals surface area contributed by atoms with Gasteiger partial charge < -0.3 is 19.5 Å². The average molecular weight is 339 g/mol. The van der Waals surface area contributed by atoms with Gasteiger partial charge in [0.15, 0.2) is 17.5 Å². The maximum Gasteiger partial charge on any atom is 0.317 e. The molecule has 0 radical (unpaired) electrons. The normalized spacial score (nSPS) is 14.8. The summed E-state index contributed by atoms with van der Waals surface area (Å²) < 4.78 is 45.3. The van der Waals surface area contributed by atoms with Crippen LogP contribution in [0, 0.1) is 17.5 Å². The van der Waals surface area contributed by atoms with E-state index in [0.717, 1.165) is 6.07 Å². The number of amides is 2. The zero-order chi connectivity index (χ0) is 17.1. The van der Waals surface area contributed by atoms with Crippen molar-refractivity contribution in [2.75, 3.05) is 31.1 Å². The van der Waals surface area contributed by atoms with Crippen LogP contribution >= 0.6 is 0 Å². The van der Waals surface area contributed by atoms with Crippen molar-refractivity contribution in [3.05, 3.63) is 53.7 Å². The van der Waals surface area contributed by atoms with Gasteiger partial charge in [-0.25, -0.2) is 18.0 Å². The van der Waals surface area contributed by atoms with Crippen molar-refractivity contribution in [1.82, 2.24) is 10.2 Å². The summed E-state index contributed by atoms with van der Waals surface area (Å²) in [6, 6.07) is 5.34. The maximum atomic E-state index is 13.8. The van der Waals surface area contributed by atoms with E-state index in [1.54, 1.807) is 21.9 Å². The minimum Gasteiger partial charge on any atom is -0.467 e. The second-order valence-corrected chi connectivity index (χ2v) is 5.41. The lowest BCUT2D eigenvalue weighted by atomic mass is 10.2. The molecule has 128 valence electrons. The zero-order valence-electron chi connectivity index (χ0n) is 12.8. The van der Waals surface area contributed by atoms with Gasteiger partial charge in [-0.2, -0.15) is 0 Å². The Hall–Kier alpha value is -2.64. The standard InChI is InChI=1S/C16H16F3N3O2/c17-12-3-4-13(15(19)14(12)18)21-5-7-22(8-6-21)16(23)20-10-11-2-1-9-24-11/h1-4,9H,5-8,10H2,(H,20,23). The van der Waals surface area contributed by atoms with E-state index in [4.69, 9.17) is 4.42 Å². The lowest BCUT2D eigenvalue weighted by Crippen LogP contribution is -2.52. The number of urea groups is 1. The minimum absolute atomic E-state index is 0.00421. The lowest BCUT2D eigenvalue weighted by Gasteiger charge is -2.36. The molecule has 0 spiro atoms. The monoisotopic (exact) mass is 339 g/mol. The summed E-state index contributed by atoms with van der Waals surface area (Å²) in [6.45, 7) is 1.64. The molecule has 2 heterocycles. The Morgan fingerprint density at radius 2 is 1.83 bits per heavy atom. The Morgan fingerprint density at radius 1 is 1.08 bits per heavy atom. The molecule has 0 unspecified atom stereocenters. The number of rotatable bonds is 3. The third-order valence-electron chi connectivity index (χ3n) is 3.92. The Labute approximate surface area is 136 Å². The fourth-order valence-corrected chi connectivity index (χ4v) is 2.60. The summed E-state index contributed by atoms with van der Waals surface area (Å²) in [4.78, 5) is 15.2. The lowest BCUT2D eigenvalue weighted by molar-refractivity contribution is 0.193. The fraction of sp³-hybridized carbons (Fsp3) is 0.312.